The van der Waals surface area contributed by atoms with E-state index in [0.29, 0.717) is 16.7 Å². The van der Waals surface area contributed by atoms with Gasteiger partial charge in [0.1, 0.15) is 18.2 Å². The highest BCUT2D eigenvalue weighted by atomic mass is 16.4. The van der Waals surface area contributed by atoms with E-state index in [4.69, 9.17) is 10.2 Å². The molecule has 0 saturated heterocycles. The summed E-state index contributed by atoms with van der Waals surface area (Å²) in [6.07, 6.45) is 0.770. The Morgan fingerprint density at radius 1 is 1.30 bits per heavy atom. The summed E-state index contributed by atoms with van der Waals surface area (Å²) in [7, 11) is 0. The quantitative estimate of drug-likeness (QED) is 0.753. The van der Waals surface area contributed by atoms with Crippen molar-refractivity contribution in [2.24, 2.45) is 0 Å². The second-order valence-electron chi connectivity index (χ2n) is 4.38. The highest BCUT2D eigenvalue weighted by molar-refractivity contribution is 5.92. The minimum atomic E-state index is -1.24. The molecular weight excluding hydrogens is 262 g/mol. The summed E-state index contributed by atoms with van der Waals surface area (Å²) in [5.74, 6) is -2.13. The maximum absolute atomic E-state index is 11.1. The van der Waals surface area contributed by atoms with Crippen molar-refractivity contribution in [3.63, 3.8) is 0 Å². The van der Waals surface area contributed by atoms with E-state index >= 15 is 0 Å². The van der Waals surface area contributed by atoms with Gasteiger partial charge in [-0.2, -0.15) is 0 Å². The van der Waals surface area contributed by atoms with Gasteiger partial charge in [-0.05, 0) is 19.1 Å². The Balaban J connectivity index is 2.39. The smallest absolute Gasteiger partial charge is 0.326 e. The van der Waals surface area contributed by atoms with Gasteiger partial charge in [0.05, 0.1) is 11.9 Å². The Kier molecular flexibility index (Phi) is 3.79. The lowest BCUT2D eigenvalue weighted by molar-refractivity contribution is -0.144. The molecule has 2 aromatic rings. The van der Waals surface area contributed by atoms with Crippen LogP contribution in [0.4, 0.5) is 5.82 Å². The predicted octanol–water partition coefficient (Wildman–Crippen LogP) is 1.28. The van der Waals surface area contributed by atoms with E-state index in [-0.39, 0.29) is 0 Å². The molecule has 7 nitrogen and oxygen atoms in total. The third-order valence-electron chi connectivity index (χ3n) is 2.78. The van der Waals surface area contributed by atoms with Gasteiger partial charge >= 0.3 is 11.9 Å². The molecule has 0 radical (unpaired) electrons. The maximum Gasteiger partial charge on any atom is 0.326 e. The molecule has 0 spiro atoms. The number of aryl methyl sites for hydroxylation is 1. The van der Waals surface area contributed by atoms with Gasteiger partial charge in [0, 0.05) is 5.39 Å². The number of aliphatic carboxylic acids is 2. The van der Waals surface area contributed by atoms with Gasteiger partial charge in [0.15, 0.2) is 0 Å². The van der Waals surface area contributed by atoms with Crippen LogP contribution in [0.25, 0.3) is 10.9 Å². The summed E-state index contributed by atoms with van der Waals surface area (Å²) in [6.45, 7) is 1.89. The summed E-state index contributed by atoms with van der Waals surface area (Å²) in [4.78, 5) is 29.8. The topological polar surface area (TPSA) is 112 Å². The largest absolute Gasteiger partial charge is 0.481 e. The Hall–Kier alpha value is -2.70. The van der Waals surface area contributed by atoms with Crippen LogP contribution in [-0.4, -0.2) is 38.2 Å². The minimum Gasteiger partial charge on any atom is -0.481 e. The van der Waals surface area contributed by atoms with Crippen LogP contribution in [-0.2, 0) is 9.59 Å². The summed E-state index contributed by atoms with van der Waals surface area (Å²) in [5, 5.41) is 21.1. The molecule has 104 valence electrons. The number of carboxylic acids is 2. The Morgan fingerprint density at radius 3 is 2.70 bits per heavy atom. The van der Waals surface area contributed by atoms with Gasteiger partial charge in [-0.25, -0.2) is 14.8 Å². The van der Waals surface area contributed by atoms with Crippen LogP contribution in [0.1, 0.15) is 12.0 Å². The van der Waals surface area contributed by atoms with E-state index in [2.05, 4.69) is 15.3 Å². The van der Waals surface area contributed by atoms with Crippen LogP contribution in [0.3, 0.4) is 0 Å². The lowest BCUT2D eigenvalue weighted by atomic mass is 10.1. The second kappa shape index (κ2) is 5.52. The number of fused-ring (bicyclic) bond motifs is 1. The number of carbonyl (C=O) groups is 2. The van der Waals surface area contributed by atoms with E-state index < -0.39 is 24.4 Å². The SMILES string of the molecule is Cc1ccc2ncnc(N[C@H](CC(=O)O)C(=O)O)c2c1. The molecule has 0 amide bonds. The number of aromatic nitrogens is 2. The Labute approximate surface area is 114 Å². The molecule has 0 unspecified atom stereocenters. The van der Waals surface area contributed by atoms with Crippen LogP contribution in [0.2, 0.25) is 0 Å². The fourth-order valence-electron chi connectivity index (χ4n) is 1.83. The Bertz CT molecular complexity index is 672. The van der Waals surface area contributed by atoms with E-state index in [1.54, 1.807) is 6.07 Å². The molecule has 1 aromatic carbocycles. The first-order chi connectivity index (χ1) is 9.47. The van der Waals surface area contributed by atoms with Crippen molar-refractivity contribution in [1.29, 1.82) is 0 Å². The van der Waals surface area contributed by atoms with Crippen LogP contribution < -0.4 is 5.32 Å². The number of benzene rings is 1. The first-order valence-electron chi connectivity index (χ1n) is 5.90. The highest BCUT2D eigenvalue weighted by Gasteiger charge is 2.22. The van der Waals surface area contributed by atoms with Crippen LogP contribution >= 0.6 is 0 Å². The third kappa shape index (κ3) is 3.00. The average Bonchev–Trinajstić information content (AvgIpc) is 2.38. The average molecular weight is 275 g/mol. The molecule has 0 aliphatic rings. The number of nitrogens with zero attached hydrogens (tertiary/aromatic N) is 2. The van der Waals surface area contributed by atoms with Crippen molar-refractivity contribution in [2.45, 2.75) is 19.4 Å². The van der Waals surface area contributed by atoms with Crippen molar-refractivity contribution in [3.05, 3.63) is 30.1 Å². The second-order valence-corrected chi connectivity index (χ2v) is 4.38. The summed E-state index contributed by atoms with van der Waals surface area (Å²) < 4.78 is 0. The standard InChI is InChI=1S/C13H13N3O4/c1-7-2-3-9-8(4-7)12(15-6-14-9)16-10(13(19)20)5-11(17)18/h2-4,6,10H,5H2,1H3,(H,17,18)(H,19,20)(H,14,15,16)/t10-/m1/s1. The predicted molar refractivity (Wildman–Crippen MR) is 71.6 cm³/mol. The van der Waals surface area contributed by atoms with Crippen molar-refractivity contribution >= 4 is 28.7 Å². The normalized spacial score (nSPS) is 12.1. The van der Waals surface area contributed by atoms with Crippen molar-refractivity contribution in [2.75, 3.05) is 5.32 Å². The van der Waals surface area contributed by atoms with Crippen LogP contribution in [0.15, 0.2) is 24.5 Å². The van der Waals surface area contributed by atoms with Crippen molar-refractivity contribution in [1.82, 2.24) is 9.97 Å². The van der Waals surface area contributed by atoms with E-state index in [1.165, 1.54) is 6.33 Å². The molecule has 0 fully saturated rings. The van der Waals surface area contributed by atoms with Gasteiger partial charge < -0.3 is 15.5 Å². The molecule has 1 heterocycles. The van der Waals surface area contributed by atoms with E-state index in [0.717, 1.165) is 5.56 Å². The number of rotatable bonds is 5. The number of nitrogens with one attached hydrogen (secondary N) is 1. The Morgan fingerprint density at radius 2 is 2.05 bits per heavy atom. The summed E-state index contributed by atoms with van der Waals surface area (Å²) in [5.41, 5.74) is 1.63. The molecule has 0 aliphatic heterocycles. The minimum absolute atomic E-state index is 0.312. The van der Waals surface area contributed by atoms with Gasteiger partial charge in [-0.3, -0.25) is 4.79 Å². The zero-order valence-electron chi connectivity index (χ0n) is 10.7. The maximum atomic E-state index is 11.1. The molecule has 0 aliphatic carbocycles. The van der Waals surface area contributed by atoms with Crippen LogP contribution in [0.5, 0.6) is 0 Å². The molecule has 1 aromatic heterocycles. The lowest BCUT2D eigenvalue weighted by Crippen LogP contribution is -2.32. The molecule has 2 rings (SSSR count). The fraction of sp³-hybridized carbons (Fsp3) is 0.231. The number of hydrogen-bond acceptors (Lipinski definition) is 5. The number of hydrogen-bond donors (Lipinski definition) is 3. The summed E-state index contributed by atoms with van der Waals surface area (Å²) in [6, 6.07) is 4.25. The van der Waals surface area contributed by atoms with E-state index in [1.807, 2.05) is 19.1 Å². The zero-order chi connectivity index (χ0) is 14.7. The van der Waals surface area contributed by atoms with E-state index in [9.17, 15) is 9.59 Å². The lowest BCUT2D eigenvalue weighted by Gasteiger charge is -2.14. The number of anilines is 1. The summed E-state index contributed by atoms with van der Waals surface area (Å²) >= 11 is 0. The monoisotopic (exact) mass is 275 g/mol. The molecule has 20 heavy (non-hydrogen) atoms. The third-order valence-corrected chi connectivity index (χ3v) is 2.78. The number of carboxylic acid groups (broad SMARTS) is 2. The van der Waals surface area contributed by atoms with Gasteiger partial charge in [-0.15, -0.1) is 0 Å². The van der Waals surface area contributed by atoms with Gasteiger partial charge in [-0.1, -0.05) is 11.6 Å². The van der Waals surface area contributed by atoms with Gasteiger partial charge in [0.25, 0.3) is 0 Å². The highest BCUT2D eigenvalue weighted by Crippen LogP contribution is 2.21. The molecule has 0 bridgehead atoms. The first kappa shape index (κ1) is 13.7. The fourth-order valence-corrected chi connectivity index (χ4v) is 1.83. The molecule has 7 heteroatoms. The van der Waals surface area contributed by atoms with Crippen molar-refractivity contribution < 1.29 is 19.8 Å². The molecule has 1 atom stereocenters. The molecular formula is C13H13N3O4. The zero-order valence-corrected chi connectivity index (χ0v) is 10.7. The molecule has 3 N–H and O–H groups in total. The van der Waals surface area contributed by atoms with Gasteiger partial charge in [0.2, 0.25) is 0 Å². The van der Waals surface area contributed by atoms with Crippen molar-refractivity contribution in [3.8, 4) is 0 Å². The first-order valence-corrected chi connectivity index (χ1v) is 5.90. The molecule has 0 saturated carbocycles. The van der Waals surface area contributed by atoms with Crippen LogP contribution in [0, 0.1) is 6.92 Å².